The Morgan fingerprint density at radius 2 is 2.00 bits per heavy atom. The van der Waals surface area contributed by atoms with E-state index in [1.54, 1.807) is 0 Å². The quantitative estimate of drug-likeness (QED) is 0.842. The van der Waals surface area contributed by atoms with Crippen LogP contribution in [-0.4, -0.2) is 6.54 Å². The van der Waals surface area contributed by atoms with E-state index in [0.717, 1.165) is 11.6 Å². The molecule has 2 aromatic carbocycles. The summed E-state index contributed by atoms with van der Waals surface area (Å²) in [4.78, 5) is 0. The Labute approximate surface area is 100 Å². The average Bonchev–Trinajstić information content (AvgIpc) is 3.09. The molecule has 1 saturated carbocycles. The molecule has 2 aromatic rings. The summed E-state index contributed by atoms with van der Waals surface area (Å²) >= 11 is 6.07. The third kappa shape index (κ3) is 1.43. The Morgan fingerprint density at radius 3 is 2.69 bits per heavy atom. The van der Waals surface area contributed by atoms with Crippen LogP contribution < -0.4 is 5.73 Å². The van der Waals surface area contributed by atoms with Crippen molar-refractivity contribution >= 4 is 22.4 Å². The first-order valence-corrected chi connectivity index (χ1v) is 6.02. The molecular formula is C14H14ClN. The SMILES string of the molecule is NCC1(c2cccc3ccc(Cl)cc23)CC1. The molecule has 1 aliphatic rings. The lowest BCUT2D eigenvalue weighted by atomic mass is 9.91. The molecule has 2 N–H and O–H groups in total. The zero-order valence-corrected chi connectivity index (χ0v) is 9.80. The molecule has 3 rings (SSSR count). The molecule has 0 heterocycles. The summed E-state index contributed by atoms with van der Waals surface area (Å²) in [6, 6.07) is 12.5. The smallest absolute Gasteiger partial charge is 0.0412 e. The monoisotopic (exact) mass is 231 g/mol. The molecule has 82 valence electrons. The van der Waals surface area contributed by atoms with Crippen molar-refractivity contribution in [1.82, 2.24) is 0 Å². The Morgan fingerprint density at radius 1 is 1.19 bits per heavy atom. The highest BCUT2D eigenvalue weighted by molar-refractivity contribution is 6.31. The molecule has 0 bridgehead atoms. The maximum Gasteiger partial charge on any atom is 0.0412 e. The summed E-state index contributed by atoms with van der Waals surface area (Å²) in [5.41, 5.74) is 7.49. The van der Waals surface area contributed by atoms with Crippen LogP contribution in [0.25, 0.3) is 10.8 Å². The molecule has 16 heavy (non-hydrogen) atoms. The second kappa shape index (κ2) is 3.47. The van der Waals surface area contributed by atoms with Gasteiger partial charge in [-0.15, -0.1) is 0 Å². The molecule has 0 radical (unpaired) electrons. The van der Waals surface area contributed by atoms with Gasteiger partial charge in [-0.3, -0.25) is 0 Å². The topological polar surface area (TPSA) is 26.0 Å². The van der Waals surface area contributed by atoms with Gasteiger partial charge in [0.25, 0.3) is 0 Å². The third-order valence-electron chi connectivity index (χ3n) is 3.66. The fraction of sp³-hybridized carbons (Fsp3) is 0.286. The maximum absolute atomic E-state index is 6.07. The predicted molar refractivity (Wildman–Crippen MR) is 68.9 cm³/mol. The minimum absolute atomic E-state index is 0.226. The van der Waals surface area contributed by atoms with Gasteiger partial charge in [0.1, 0.15) is 0 Å². The fourth-order valence-electron chi connectivity index (χ4n) is 2.44. The lowest BCUT2D eigenvalue weighted by molar-refractivity contribution is 0.711. The van der Waals surface area contributed by atoms with E-state index in [1.807, 2.05) is 6.07 Å². The normalized spacial score (nSPS) is 17.6. The molecule has 0 atom stereocenters. The summed E-state index contributed by atoms with van der Waals surface area (Å²) in [6.45, 7) is 0.735. The lowest BCUT2D eigenvalue weighted by Gasteiger charge is -2.15. The predicted octanol–water partition coefficient (Wildman–Crippen LogP) is 3.48. The third-order valence-corrected chi connectivity index (χ3v) is 3.89. The molecule has 0 aromatic heterocycles. The fourth-order valence-corrected chi connectivity index (χ4v) is 2.61. The lowest BCUT2D eigenvalue weighted by Crippen LogP contribution is -2.19. The Bertz CT molecular complexity index is 543. The highest BCUT2D eigenvalue weighted by atomic mass is 35.5. The van der Waals surface area contributed by atoms with Gasteiger partial charge < -0.3 is 5.73 Å². The summed E-state index contributed by atoms with van der Waals surface area (Å²) < 4.78 is 0. The number of rotatable bonds is 2. The van der Waals surface area contributed by atoms with Crippen molar-refractivity contribution in [3.63, 3.8) is 0 Å². The van der Waals surface area contributed by atoms with Crippen LogP contribution >= 0.6 is 11.6 Å². The van der Waals surface area contributed by atoms with Gasteiger partial charge in [-0.25, -0.2) is 0 Å². The largest absolute Gasteiger partial charge is 0.330 e. The van der Waals surface area contributed by atoms with Crippen LogP contribution in [0.4, 0.5) is 0 Å². The van der Waals surface area contributed by atoms with E-state index in [1.165, 1.54) is 29.2 Å². The van der Waals surface area contributed by atoms with Crippen LogP contribution in [0.2, 0.25) is 5.02 Å². The molecule has 1 aliphatic carbocycles. The number of fused-ring (bicyclic) bond motifs is 1. The molecule has 1 nitrogen and oxygen atoms in total. The van der Waals surface area contributed by atoms with Gasteiger partial charge >= 0.3 is 0 Å². The van der Waals surface area contributed by atoms with E-state index in [0.29, 0.717) is 0 Å². The van der Waals surface area contributed by atoms with E-state index in [9.17, 15) is 0 Å². The summed E-state index contributed by atoms with van der Waals surface area (Å²) in [5.74, 6) is 0. The Kier molecular flexibility index (Phi) is 2.20. The highest BCUT2D eigenvalue weighted by Gasteiger charge is 2.43. The van der Waals surface area contributed by atoms with Crippen LogP contribution in [0.15, 0.2) is 36.4 Å². The molecule has 0 amide bonds. The van der Waals surface area contributed by atoms with Crippen molar-refractivity contribution in [1.29, 1.82) is 0 Å². The van der Waals surface area contributed by atoms with Gasteiger partial charge in [0, 0.05) is 17.0 Å². The zero-order chi connectivity index (χ0) is 11.2. The van der Waals surface area contributed by atoms with Crippen molar-refractivity contribution in [3.05, 3.63) is 47.0 Å². The second-order valence-corrected chi connectivity index (χ2v) is 5.09. The minimum Gasteiger partial charge on any atom is -0.330 e. The van der Waals surface area contributed by atoms with Gasteiger partial charge in [0.05, 0.1) is 0 Å². The minimum atomic E-state index is 0.226. The van der Waals surface area contributed by atoms with Crippen molar-refractivity contribution in [2.45, 2.75) is 18.3 Å². The van der Waals surface area contributed by atoms with E-state index in [-0.39, 0.29) is 5.41 Å². The molecule has 2 heteroatoms. The molecule has 0 spiro atoms. The summed E-state index contributed by atoms with van der Waals surface area (Å²) in [5, 5.41) is 3.31. The molecule has 0 unspecified atom stereocenters. The van der Waals surface area contributed by atoms with Gasteiger partial charge in [0.2, 0.25) is 0 Å². The van der Waals surface area contributed by atoms with Crippen molar-refractivity contribution in [2.75, 3.05) is 6.54 Å². The maximum atomic E-state index is 6.07. The second-order valence-electron chi connectivity index (χ2n) is 4.66. The Balaban J connectivity index is 2.28. The molecule has 0 aliphatic heterocycles. The van der Waals surface area contributed by atoms with Crippen LogP contribution in [0, 0.1) is 0 Å². The highest BCUT2D eigenvalue weighted by Crippen LogP contribution is 2.49. The van der Waals surface area contributed by atoms with Crippen molar-refractivity contribution in [2.24, 2.45) is 5.73 Å². The van der Waals surface area contributed by atoms with Crippen LogP contribution in [0.5, 0.6) is 0 Å². The summed E-state index contributed by atoms with van der Waals surface area (Å²) in [7, 11) is 0. The van der Waals surface area contributed by atoms with Gasteiger partial charge in [-0.2, -0.15) is 0 Å². The standard InChI is InChI=1S/C14H14ClN/c15-11-5-4-10-2-1-3-13(12(10)8-11)14(9-16)6-7-14/h1-5,8H,6-7,9,16H2. The van der Waals surface area contributed by atoms with Crippen molar-refractivity contribution in [3.8, 4) is 0 Å². The van der Waals surface area contributed by atoms with Crippen molar-refractivity contribution < 1.29 is 0 Å². The first-order valence-electron chi connectivity index (χ1n) is 5.64. The van der Waals surface area contributed by atoms with Crippen LogP contribution in [0.1, 0.15) is 18.4 Å². The van der Waals surface area contributed by atoms with Gasteiger partial charge in [-0.05, 0) is 41.3 Å². The number of benzene rings is 2. The van der Waals surface area contributed by atoms with E-state index in [4.69, 9.17) is 17.3 Å². The number of hydrogen-bond donors (Lipinski definition) is 1. The molecular weight excluding hydrogens is 218 g/mol. The summed E-state index contributed by atoms with van der Waals surface area (Å²) in [6.07, 6.45) is 2.41. The molecule has 1 fully saturated rings. The van der Waals surface area contributed by atoms with Gasteiger partial charge in [-0.1, -0.05) is 35.9 Å². The number of hydrogen-bond acceptors (Lipinski definition) is 1. The first kappa shape index (κ1) is 10.1. The average molecular weight is 232 g/mol. The zero-order valence-electron chi connectivity index (χ0n) is 9.04. The first-order chi connectivity index (χ1) is 7.75. The number of nitrogens with two attached hydrogens (primary N) is 1. The number of halogens is 1. The van der Waals surface area contributed by atoms with Crippen LogP contribution in [0.3, 0.4) is 0 Å². The van der Waals surface area contributed by atoms with Crippen LogP contribution in [-0.2, 0) is 5.41 Å². The van der Waals surface area contributed by atoms with E-state index < -0.39 is 0 Å². The van der Waals surface area contributed by atoms with Gasteiger partial charge in [0.15, 0.2) is 0 Å². The van der Waals surface area contributed by atoms with E-state index in [2.05, 4.69) is 30.3 Å². The van der Waals surface area contributed by atoms with E-state index >= 15 is 0 Å². The Hall–Kier alpha value is -1.05. The molecule has 0 saturated heterocycles.